The predicted molar refractivity (Wildman–Crippen MR) is 67.6 cm³/mol. The van der Waals surface area contributed by atoms with Crippen LogP contribution in [0.3, 0.4) is 0 Å². The van der Waals surface area contributed by atoms with E-state index in [1.54, 1.807) is 0 Å². The molecular formula is C15H20O2. The molecule has 0 atom stereocenters. The van der Waals surface area contributed by atoms with Gasteiger partial charge in [0.05, 0.1) is 10.8 Å². The maximum Gasteiger partial charge on any atom is 0.150 e. The summed E-state index contributed by atoms with van der Waals surface area (Å²) in [6, 6.07) is 7.79. The third-order valence-electron chi connectivity index (χ3n) is 4.41. The van der Waals surface area contributed by atoms with Gasteiger partial charge in [0.2, 0.25) is 0 Å². The second-order valence-corrected chi connectivity index (χ2v) is 6.16. The lowest BCUT2D eigenvalue weighted by molar-refractivity contribution is -0.230. The monoisotopic (exact) mass is 232 g/mol. The van der Waals surface area contributed by atoms with Crippen LogP contribution in [0.2, 0.25) is 0 Å². The lowest BCUT2D eigenvalue weighted by atomic mass is 9.42. The van der Waals surface area contributed by atoms with Crippen LogP contribution < -0.4 is 0 Å². The van der Waals surface area contributed by atoms with Gasteiger partial charge in [0.25, 0.3) is 0 Å². The van der Waals surface area contributed by atoms with E-state index in [9.17, 15) is 9.90 Å². The number of hydrogen-bond acceptors (Lipinski definition) is 2. The fraction of sp³-hybridized carbons (Fsp3) is 0.533. The highest BCUT2D eigenvalue weighted by Crippen LogP contribution is 2.63. The number of aryl methyl sites for hydroxylation is 1. The van der Waals surface area contributed by atoms with Gasteiger partial charge in [-0.05, 0) is 40.2 Å². The van der Waals surface area contributed by atoms with Crippen molar-refractivity contribution in [2.75, 3.05) is 0 Å². The zero-order chi connectivity index (χ0) is 13.1. The van der Waals surface area contributed by atoms with E-state index in [0.717, 1.165) is 11.1 Å². The van der Waals surface area contributed by atoms with E-state index in [4.69, 9.17) is 0 Å². The molecule has 1 aliphatic carbocycles. The van der Waals surface area contributed by atoms with Gasteiger partial charge in [-0.1, -0.05) is 29.8 Å². The SMILES string of the molecule is Cc1ccc(C2(O)C(C)(C)C(=O)C2(C)C)cc1. The topological polar surface area (TPSA) is 37.3 Å². The number of carbonyl (C=O) groups is 1. The summed E-state index contributed by atoms with van der Waals surface area (Å²) in [6.07, 6.45) is 0. The normalized spacial score (nSPS) is 24.2. The van der Waals surface area contributed by atoms with Crippen LogP contribution in [0.1, 0.15) is 38.8 Å². The summed E-state index contributed by atoms with van der Waals surface area (Å²) in [6.45, 7) is 9.29. The highest BCUT2D eigenvalue weighted by Gasteiger charge is 2.72. The fourth-order valence-corrected chi connectivity index (χ4v) is 3.35. The second kappa shape index (κ2) is 3.20. The summed E-state index contributed by atoms with van der Waals surface area (Å²) in [4.78, 5) is 12.1. The first kappa shape index (κ1) is 12.3. The summed E-state index contributed by atoms with van der Waals surface area (Å²) in [5.41, 5.74) is -0.529. The molecule has 1 saturated carbocycles. The van der Waals surface area contributed by atoms with Gasteiger partial charge in [-0.3, -0.25) is 4.79 Å². The number of rotatable bonds is 1. The van der Waals surface area contributed by atoms with Gasteiger partial charge in [0.15, 0.2) is 5.78 Å². The molecule has 1 N–H and O–H groups in total. The standard InChI is InChI=1S/C15H20O2/c1-10-6-8-11(9-7-10)15(17)13(2,3)12(16)14(15,4)5/h6-9,17H,1-5H3. The van der Waals surface area contributed by atoms with Crippen molar-refractivity contribution >= 4 is 5.78 Å². The van der Waals surface area contributed by atoms with Crippen molar-refractivity contribution in [3.8, 4) is 0 Å². The van der Waals surface area contributed by atoms with Crippen LogP contribution in [0.4, 0.5) is 0 Å². The van der Waals surface area contributed by atoms with Gasteiger partial charge >= 0.3 is 0 Å². The first-order chi connectivity index (χ1) is 7.65. The van der Waals surface area contributed by atoms with Crippen molar-refractivity contribution in [3.63, 3.8) is 0 Å². The van der Waals surface area contributed by atoms with Gasteiger partial charge in [-0.2, -0.15) is 0 Å². The average molecular weight is 232 g/mol. The molecular weight excluding hydrogens is 212 g/mol. The van der Waals surface area contributed by atoms with E-state index >= 15 is 0 Å². The Labute approximate surface area is 103 Å². The summed E-state index contributed by atoms with van der Waals surface area (Å²) < 4.78 is 0. The lowest BCUT2D eigenvalue weighted by Crippen LogP contribution is -2.71. The highest BCUT2D eigenvalue weighted by atomic mass is 16.3. The Kier molecular flexibility index (Phi) is 2.32. The van der Waals surface area contributed by atoms with Crippen LogP contribution in [-0.2, 0) is 10.4 Å². The van der Waals surface area contributed by atoms with Crippen LogP contribution in [0.5, 0.6) is 0 Å². The minimum atomic E-state index is -1.08. The van der Waals surface area contributed by atoms with Crippen LogP contribution >= 0.6 is 0 Å². The smallest absolute Gasteiger partial charge is 0.150 e. The average Bonchev–Trinajstić information content (AvgIpc) is 2.27. The van der Waals surface area contributed by atoms with Crippen molar-refractivity contribution < 1.29 is 9.90 Å². The minimum Gasteiger partial charge on any atom is -0.383 e. The van der Waals surface area contributed by atoms with Gasteiger partial charge < -0.3 is 5.11 Å². The molecule has 0 saturated heterocycles. The lowest BCUT2D eigenvalue weighted by Gasteiger charge is -2.62. The molecule has 0 aliphatic heterocycles. The Morgan fingerprint density at radius 1 is 0.941 bits per heavy atom. The summed E-state index contributed by atoms with van der Waals surface area (Å²) in [5, 5.41) is 11.0. The number of ketones is 1. The van der Waals surface area contributed by atoms with E-state index in [1.165, 1.54) is 0 Å². The number of Topliss-reactive ketones (excluding diaryl/α,β-unsaturated/α-hetero) is 1. The van der Waals surface area contributed by atoms with E-state index in [-0.39, 0.29) is 5.78 Å². The molecule has 2 nitrogen and oxygen atoms in total. The van der Waals surface area contributed by atoms with Gasteiger partial charge in [0.1, 0.15) is 5.60 Å². The summed E-state index contributed by atoms with van der Waals surface area (Å²) >= 11 is 0. The molecule has 2 rings (SSSR count). The van der Waals surface area contributed by atoms with Crippen molar-refractivity contribution in [1.82, 2.24) is 0 Å². The van der Waals surface area contributed by atoms with Crippen molar-refractivity contribution in [2.24, 2.45) is 10.8 Å². The van der Waals surface area contributed by atoms with Gasteiger partial charge in [-0.25, -0.2) is 0 Å². The first-order valence-electron chi connectivity index (χ1n) is 6.00. The molecule has 92 valence electrons. The first-order valence-corrected chi connectivity index (χ1v) is 6.00. The number of benzene rings is 1. The van der Waals surface area contributed by atoms with Crippen molar-refractivity contribution in [2.45, 2.75) is 40.2 Å². The quantitative estimate of drug-likeness (QED) is 0.808. The van der Waals surface area contributed by atoms with Gasteiger partial charge in [0, 0.05) is 0 Å². The number of hydrogen-bond donors (Lipinski definition) is 1. The molecule has 2 heteroatoms. The Hall–Kier alpha value is -1.15. The van der Waals surface area contributed by atoms with Crippen LogP contribution in [-0.4, -0.2) is 10.9 Å². The van der Waals surface area contributed by atoms with E-state index in [0.29, 0.717) is 0 Å². The molecule has 0 bridgehead atoms. The molecule has 0 aromatic heterocycles. The van der Waals surface area contributed by atoms with Crippen molar-refractivity contribution in [3.05, 3.63) is 35.4 Å². The third kappa shape index (κ3) is 1.22. The number of carbonyl (C=O) groups excluding carboxylic acids is 1. The van der Waals surface area contributed by atoms with Crippen LogP contribution in [0.15, 0.2) is 24.3 Å². The second-order valence-electron chi connectivity index (χ2n) is 6.16. The maximum atomic E-state index is 12.1. The van der Waals surface area contributed by atoms with Crippen LogP contribution in [0, 0.1) is 17.8 Å². The molecule has 1 aliphatic rings. The molecule has 0 spiro atoms. The molecule has 1 aromatic rings. The fourth-order valence-electron chi connectivity index (χ4n) is 3.35. The molecule has 1 aromatic carbocycles. The molecule has 0 heterocycles. The Bertz CT molecular complexity index is 448. The Morgan fingerprint density at radius 3 is 1.76 bits per heavy atom. The summed E-state index contributed by atoms with van der Waals surface area (Å²) in [7, 11) is 0. The maximum absolute atomic E-state index is 12.1. The third-order valence-corrected chi connectivity index (χ3v) is 4.41. The highest BCUT2D eigenvalue weighted by molar-refractivity contribution is 5.99. The zero-order valence-electron chi connectivity index (χ0n) is 11.2. The predicted octanol–water partition coefficient (Wildman–Crippen LogP) is 2.82. The van der Waals surface area contributed by atoms with Crippen LogP contribution in [0.25, 0.3) is 0 Å². The Morgan fingerprint density at radius 2 is 1.35 bits per heavy atom. The van der Waals surface area contributed by atoms with Gasteiger partial charge in [-0.15, -0.1) is 0 Å². The minimum absolute atomic E-state index is 0.119. The molecule has 0 unspecified atom stereocenters. The van der Waals surface area contributed by atoms with E-state index < -0.39 is 16.4 Å². The van der Waals surface area contributed by atoms with Crippen molar-refractivity contribution in [1.29, 1.82) is 0 Å². The summed E-state index contributed by atoms with van der Waals surface area (Å²) in [5.74, 6) is 0.119. The largest absolute Gasteiger partial charge is 0.383 e. The molecule has 1 fully saturated rings. The molecule has 0 amide bonds. The molecule has 17 heavy (non-hydrogen) atoms. The van der Waals surface area contributed by atoms with E-state index in [1.807, 2.05) is 58.9 Å². The van der Waals surface area contributed by atoms with E-state index in [2.05, 4.69) is 0 Å². The Balaban J connectivity index is 2.56. The number of aliphatic hydroxyl groups is 1. The zero-order valence-corrected chi connectivity index (χ0v) is 11.2. The molecule has 0 radical (unpaired) electrons.